The highest BCUT2D eigenvalue weighted by atomic mass is 32.2. The van der Waals surface area contributed by atoms with Gasteiger partial charge in [0.1, 0.15) is 5.03 Å². The number of pyridine rings is 1. The Morgan fingerprint density at radius 3 is 2.89 bits per heavy atom. The molecule has 0 saturated heterocycles. The van der Waals surface area contributed by atoms with Gasteiger partial charge in [0.2, 0.25) is 5.16 Å². The topological polar surface area (TPSA) is 93.8 Å². The molecule has 1 N–H and O–H groups in total. The summed E-state index contributed by atoms with van der Waals surface area (Å²) in [7, 11) is 0. The van der Waals surface area contributed by atoms with Crippen molar-refractivity contribution in [3.63, 3.8) is 0 Å². The second-order valence-electron chi connectivity index (χ2n) is 3.93. The molecule has 1 aliphatic carbocycles. The Balaban J connectivity index is 1.79. The Morgan fingerprint density at radius 1 is 1.44 bits per heavy atom. The van der Waals surface area contributed by atoms with Crippen LogP contribution in [0.15, 0.2) is 28.5 Å². The molecule has 0 unspecified atom stereocenters. The molecule has 2 aromatic heterocycles. The average molecular weight is 263 g/mol. The average Bonchev–Trinajstić information content (AvgIpc) is 3.11. The molecule has 3 rings (SSSR count). The number of carboxylic acid groups (broad SMARTS) is 1. The Kier molecular flexibility index (Phi) is 2.71. The summed E-state index contributed by atoms with van der Waals surface area (Å²) in [6.07, 6.45) is 3.53. The standard InChI is InChI=1S/C10H9N5O2S/c16-9(17)6-1-4-8(11-5-6)18-10-12-13-14-15(10)7-2-3-7/h1,4-5,7H,2-3H2,(H,16,17). The lowest BCUT2D eigenvalue weighted by Gasteiger charge is -2.01. The van der Waals surface area contributed by atoms with Gasteiger partial charge in [0.05, 0.1) is 11.6 Å². The van der Waals surface area contributed by atoms with Crippen molar-refractivity contribution in [2.45, 2.75) is 29.1 Å². The molecule has 0 spiro atoms. The van der Waals surface area contributed by atoms with Gasteiger partial charge in [-0.25, -0.2) is 14.5 Å². The highest BCUT2D eigenvalue weighted by Crippen LogP contribution is 2.37. The van der Waals surface area contributed by atoms with E-state index in [4.69, 9.17) is 5.11 Å². The van der Waals surface area contributed by atoms with Crippen molar-refractivity contribution in [1.29, 1.82) is 0 Å². The maximum absolute atomic E-state index is 10.7. The van der Waals surface area contributed by atoms with E-state index in [0.717, 1.165) is 12.8 Å². The minimum atomic E-state index is -0.984. The molecule has 0 aliphatic heterocycles. The zero-order valence-electron chi connectivity index (χ0n) is 9.22. The third-order valence-electron chi connectivity index (χ3n) is 2.53. The molecule has 0 amide bonds. The monoisotopic (exact) mass is 263 g/mol. The quantitative estimate of drug-likeness (QED) is 0.887. The number of aromatic nitrogens is 5. The SMILES string of the molecule is O=C(O)c1ccc(Sc2nnnn2C2CC2)nc1. The van der Waals surface area contributed by atoms with Crippen LogP contribution in [0.2, 0.25) is 0 Å². The van der Waals surface area contributed by atoms with Crippen molar-refractivity contribution in [3.05, 3.63) is 23.9 Å². The highest BCUT2D eigenvalue weighted by Gasteiger charge is 2.28. The summed E-state index contributed by atoms with van der Waals surface area (Å²) in [4.78, 5) is 14.8. The molecule has 0 bridgehead atoms. The number of hydrogen-bond acceptors (Lipinski definition) is 6. The van der Waals surface area contributed by atoms with E-state index >= 15 is 0 Å². The van der Waals surface area contributed by atoms with Crippen LogP contribution in [-0.2, 0) is 0 Å². The van der Waals surface area contributed by atoms with Crippen molar-refractivity contribution < 1.29 is 9.90 Å². The number of hydrogen-bond donors (Lipinski definition) is 1. The molecule has 2 heterocycles. The van der Waals surface area contributed by atoms with Crippen LogP contribution in [0.4, 0.5) is 0 Å². The second-order valence-corrected chi connectivity index (χ2v) is 4.92. The van der Waals surface area contributed by atoms with E-state index < -0.39 is 5.97 Å². The lowest BCUT2D eigenvalue weighted by atomic mass is 10.3. The van der Waals surface area contributed by atoms with Gasteiger partial charge in [0, 0.05) is 6.20 Å². The third kappa shape index (κ3) is 2.19. The van der Waals surface area contributed by atoms with E-state index in [1.54, 1.807) is 10.7 Å². The van der Waals surface area contributed by atoms with Crippen molar-refractivity contribution in [1.82, 2.24) is 25.2 Å². The zero-order valence-corrected chi connectivity index (χ0v) is 10.0. The summed E-state index contributed by atoms with van der Waals surface area (Å²) in [6.45, 7) is 0. The Hall–Kier alpha value is -1.96. The summed E-state index contributed by atoms with van der Waals surface area (Å²) in [5.74, 6) is -0.984. The lowest BCUT2D eigenvalue weighted by Crippen LogP contribution is -1.99. The van der Waals surface area contributed by atoms with Crippen LogP contribution in [0.25, 0.3) is 0 Å². The van der Waals surface area contributed by atoms with Crippen LogP contribution in [0.1, 0.15) is 29.2 Å². The van der Waals surface area contributed by atoms with Crippen LogP contribution in [0.5, 0.6) is 0 Å². The first-order valence-electron chi connectivity index (χ1n) is 5.39. The minimum absolute atomic E-state index is 0.168. The normalized spacial score (nSPS) is 14.7. The first kappa shape index (κ1) is 11.1. The van der Waals surface area contributed by atoms with Gasteiger partial charge >= 0.3 is 5.97 Å². The van der Waals surface area contributed by atoms with E-state index in [-0.39, 0.29) is 5.56 Å². The summed E-state index contributed by atoms with van der Waals surface area (Å²) in [5.41, 5.74) is 0.168. The zero-order chi connectivity index (χ0) is 12.5. The van der Waals surface area contributed by atoms with Gasteiger partial charge in [-0.15, -0.1) is 5.10 Å². The number of aromatic carboxylic acids is 1. The van der Waals surface area contributed by atoms with Gasteiger partial charge in [-0.3, -0.25) is 0 Å². The molecule has 2 aromatic rings. The van der Waals surface area contributed by atoms with E-state index in [1.807, 2.05) is 0 Å². The van der Waals surface area contributed by atoms with Gasteiger partial charge < -0.3 is 5.11 Å². The molecule has 0 radical (unpaired) electrons. The Bertz CT molecular complexity index is 578. The third-order valence-corrected chi connectivity index (χ3v) is 3.44. The fourth-order valence-corrected chi connectivity index (χ4v) is 2.25. The second kappa shape index (κ2) is 4.37. The molecule has 1 fully saturated rings. The van der Waals surface area contributed by atoms with Crippen LogP contribution in [-0.4, -0.2) is 36.3 Å². The lowest BCUT2D eigenvalue weighted by molar-refractivity contribution is 0.0696. The van der Waals surface area contributed by atoms with Crippen molar-refractivity contribution in [2.75, 3.05) is 0 Å². The summed E-state index contributed by atoms with van der Waals surface area (Å²) in [5, 5.41) is 21.7. The molecule has 0 aromatic carbocycles. The number of tetrazole rings is 1. The van der Waals surface area contributed by atoms with Crippen LogP contribution >= 0.6 is 11.8 Å². The van der Waals surface area contributed by atoms with Gasteiger partial charge in [-0.1, -0.05) is 0 Å². The van der Waals surface area contributed by atoms with Crippen LogP contribution in [0.3, 0.4) is 0 Å². The summed E-state index contributed by atoms with van der Waals surface area (Å²) < 4.78 is 1.79. The maximum atomic E-state index is 10.7. The predicted octanol–water partition coefficient (Wildman–Crippen LogP) is 1.25. The Morgan fingerprint density at radius 2 is 2.28 bits per heavy atom. The molecular formula is C10H9N5O2S. The van der Waals surface area contributed by atoms with E-state index in [0.29, 0.717) is 16.2 Å². The molecule has 1 saturated carbocycles. The first-order chi connectivity index (χ1) is 8.74. The number of nitrogens with zero attached hydrogens (tertiary/aromatic N) is 5. The molecule has 18 heavy (non-hydrogen) atoms. The molecule has 8 heteroatoms. The van der Waals surface area contributed by atoms with E-state index in [1.165, 1.54) is 24.0 Å². The molecule has 1 aliphatic rings. The number of carboxylic acids is 1. The first-order valence-corrected chi connectivity index (χ1v) is 6.21. The molecule has 92 valence electrons. The summed E-state index contributed by atoms with van der Waals surface area (Å²) in [6, 6.07) is 3.57. The smallest absolute Gasteiger partial charge is 0.337 e. The van der Waals surface area contributed by atoms with Gasteiger partial charge in [0.15, 0.2) is 0 Å². The minimum Gasteiger partial charge on any atom is -0.478 e. The van der Waals surface area contributed by atoms with Crippen LogP contribution < -0.4 is 0 Å². The predicted molar refractivity (Wildman–Crippen MR) is 61.4 cm³/mol. The maximum Gasteiger partial charge on any atom is 0.337 e. The van der Waals surface area contributed by atoms with Gasteiger partial charge in [0.25, 0.3) is 0 Å². The fraction of sp³-hybridized carbons (Fsp3) is 0.300. The largest absolute Gasteiger partial charge is 0.478 e. The molecule has 0 atom stereocenters. The van der Waals surface area contributed by atoms with Crippen molar-refractivity contribution >= 4 is 17.7 Å². The number of rotatable bonds is 4. The fourth-order valence-electron chi connectivity index (χ4n) is 1.46. The van der Waals surface area contributed by atoms with Gasteiger partial charge in [-0.2, -0.15) is 0 Å². The van der Waals surface area contributed by atoms with E-state index in [2.05, 4.69) is 20.5 Å². The molecular weight excluding hydrogens is 254 g/mol. The highest BCUT2D eigenvalue weighted by molar-refractivity contribution is 7.99. The summed E-state index contributed by atoms with van der Waals surface area (Å²) >= 11 is 1.33. The van der Waals surface area contributed by atoms with Crippen LogP contribution in [0, 0.1) is 0 Å². The number of carbonyl (C=O) groups is 1. The van der Waals surface area contributed by atoms with Gasteiger partial charge in [-0.05, 0) is 47.2 Å². The van der Waals surface area contributed by atoms with E-state index in [9.17, 15) is 4.79 Å². The molecule has 7 nitrogen and oxygen atoms in total. The Labute approximate surface area is 106 Å². The van der Waals surface area contributed by atoms with Crippen molar-refractivity contribution in [2.24, 2.45) is 0 Å². The van der Waals surface area contributed by atoms with Crippen molar-refractivity contribution in [3.8, 4) is 0 Å².